The molecule has 8 aromatic rings. The molecule has 0 saturated carbocycles. The lowest BCUT2D eigenvalue weighted by Gasteiger charge is -2.29. The van der Waals surface area contributed by atoms with Gasteiger partial charge < -0.3 is 9.32 Å². The Balaban J connectivity index is 1.12. The van der Waals surface area contributed by atoms with Crippen molar-refractivity contribution in [1.29, 1.82) is 0 Å². The number of furan rings is 1. The van der Waals surface area contributed by atoms with Crippen molar-refractivity contribution < 1.29 is 4.42 Å². The first kappa shape index (κ1) is 30.4. The van der Waals surface area contributed by atoms with Crippen LogP contribution in [0.15, 0.2) is 174 Å². The summed E-state index contributed by atoms with van der Waals surface area (Å²) in [7, 11) is 0. The largest absolute Gasteiger partial charge is 0.456 e. The minimum Gasteiger partial charge on any atom is -0.456 e. The molecular weight excluding hydrogens is 631 g/mol. The number of benzene rings is 8. The van der Waals surface area contributed by atoms with Crippen LogP contribution in [0, 0.1) is 0 Å². The summed E-state index contributed by atoms with van der Waals surface area (Å²) in [5.41, 5.74) is 16.4. The Labute approximate surface area is 304 Å². The molecule has 0 amide bonds. The molecule has 0 fully saturated rings. The fraction of sp³-hybridized carbons (Fsp3) is 0.0800. The van der Waals surface area contributed by atoms with E-state index in [9.17, 15) is 0 Å². The molecule has 2 nitrogen and oxygen atoms in total. The maximum atomic E-state index is 6.28. The zero-order valence-corrected chi connectivity index (χ0v) is 29.5. The van der Waals surface area contributed by atoms with E-state index in [4.69, 9.17) is 4.42 Å². The molecule has 7 aromatic carbocycles. The predicted octanol–water partition coefficient (Wildman–Crippen LogP) is 14.5. The first-order chi connectivity index (χ1) is 25.4. The van der Waals surface area contributed by atoms with Crippen LogP contribution in [-0.2, 0) is 5.41 Å². The number of hydrogen-bond acceptors (Lipinski definition) is 2. The predicted molar refractivity (Wildman–Crippen MR) is 220 cm³/mol. The van der Waals surface area contributed by atoms with E-state index in [0.29, 0.717) is 0 Å². The van der Waals surface area contributed by atoms with Crippen molar-refractivity contribution in [3.05, 3.63) is 175 Å². The lowest BCUT2D eigenvalue weighted by atomic mass is 9.87. The van der Waals surface area contributed by atoms with Gasteiger partial charge in [-0.05, 0) is 115 Å². The lowest BCUT2D eigenvalue weighted by Crippen LogP contribution is -2.13. The molecule has 0 N–H and O–H groups in total. The van der Waals surface area contributed by atoms with E-state index in [-0.39, 0.29) is 5.41 Å². The van der Waals surface area contributed by atoms with Crippen molar-refractivity contribution in [1.82, 2.24) is 0 Å². The van der Waals surface area contributed by atoms with Crippen LogP contribution in [-0.4, -0.2) is 0 Å². The Morgan fingerprint density at radius 3 is 1.81 bits per heavy atom. The Kier molecular flexibility index (Phi) is 6.78. The highest BCUT2D eigenvalue weighted by atomic mass is 16.3. The van der Waals surface area contributed by atoms with Crippen molar-refractivity contribution >= 4 is 49.8 Å². The van der Waals surface area contributed by atoms with Crippen molar-refractivity contribution in [3.8, 4) is 44.5 Å². The maximum absolute atomic E-state index is 6.28. The van der Waals surface area contributed by atoms with Gasteiger partial charge in [0.05, 0.1) is 5.69 Å². The molecule has 2 heteroatoms. The van der Waals surface area contributed by atoms with E-state index < -0.39 is 0 Å². The molecule has 0 saturated heterocycles. The molecular formula is C50H37NO. The Hall–Kier alpha value is -6.38. The molecule has 0 atom stereocenters. The first-order valence-electron chi connectivity index (χ1n) is 18.1. The molecule has 1 aromatic heterocycles. The molecule has 248 valence electrons. The first-order valence-corrected chi connectivity index (χ1v) is 18.1. The molecule has 10 rings (SSSR count). The van der Waals surface area contributed by atoms with Crippen LogP contribution < -0.4 is 4.90 Å². The highest BCUT2D eigenvalue weighted by molar-refractivity contribution is 6.20. The number of anilines is 3. The molecule has 2 aliphatic carbocycles. The summed E-state index contributed by atoms with van der Waals surface area (Å²) < 4.78 is 6.28. The highest BCUT2D eigenvalue weighted by Gasteiger charge is 2.24. The molecule has 0 radical (unpaired) electrons. The second kappa shape index (κ2) is 11.6. The van der Waals surface area contributed by atoms with Crippen LogP contribution in [0.4, 0.5) is 17.1 Å². The topological polar surface area (TPSA) is 16.4 Å². The molecule has 0 bridgehead atoms. The van der Waals surface area contributed by atoms with Gasteiger partial charge in [0, 0.05) is 27.7 Å². The van der Waals surface area contributed by atoms with Crippen LogP contribution in [0.2, 0.25) is 0 Å². The summed E-state index contributed by atoms with van der Waals surface area (Å²) in [6.45, 7) is 6.80. The van der Waals surface area contributed by atoms with Gasteiger partial charge in [-0.1, -0.05) is 136 Å². The van der Waals surface area contributed by atoms with Crippen molar-refractivity contribution in [2.45, 2.75) is 26.2 Å². The van der Waals surface area contributed by atoms with Crippen molar-refractivity contribution in [2.75, 3.05) is 4.90 Å². The molecule has 0 spiro atoms. The Bertz CT molecular complexity index is 2790. The van der Waals surface area contributed by atoms with Gasteiger partial charge in [-0.2, -0.15) is 0 Å². The van der Waals surface area contributed by atoms with Gasteiger partial charge >= 0.3 is 0 Å². The second-order valence-electron chi connectivity index (χ2n) is 15.0. The van der Waals surface area contributed by atoms with Crippen molar-refractivity contribution in [3.63, 3.8) is 0 Å². The lowest BCUT2D eigenvalue weighted by molar-refractivity contribution is 0.590. The van der Waals surface area contributed by atoms with Crippen LogP contribution >= 0.6 is 0 Å². The van der Waals surface area contributed by atoms with Crippen LogP contribution in [0.3, 0.4) is 0 Å². The fourth-order valence-electron chi connectivity index (χ4n) is 7.93. The average molecular weight is 668 g/mol. The summed E-state index contributed by atoms with van der Waals surface area (Å²) in [6, 6.07) is 61.9. The molecule has 0 unspecified atom stereocenters. The van der Waals surface area contributed by atoms with Crippen LogP contribution in [0.25, 0.3) is 77.2 Å². The minimum absolute atomic E-state index is 0.0587. The number of para-hydroxylation sites is 1. The monoisotopic (exact) mass is 667 g/mol. The quantitative estimate of drug-likeness (QED) is 0.175. The second-order valence-corrected chi connectivity index (χ2v) is 15.0. The number of hydrogen-bond donors (Lipinski definition) is 0. The standard InChI is InChI=1S/C50H37NO/c1-50(2,3)37-22-26-39(27-23-37)51(38-24-19-32(20-25-38)35-21-28-43-46(30-35)52-47-31-36-29-44(36)49(43)47)45-18-8-7-15-41(45)42-17-10-14-34-13-9-16-40(48(34)42)33-11-5-4-6-12-33/h4-31H,1-3H3. The third kappa shape index (κ3) is 5.02. The maximum Gasteiger partial charge on any atom is 0.136 e. The van der Waals surface area contributed by atoms with E-state index in [1.165, 1.54) is 60.5 Å². The molecule has 52 heavy (non-hydrogen) atoms. The molecule has 1 heterocycles. The summed E-state index contributed by atoms with van der Waals surface area (Å²) in [6.07, 6.45) is 0. The smallest absolute Gasteiger partial charge is 0.136 e. The normalized spacial score (nSPS) is 12.1. The van der Waals surface area contributed by atoms with Gasteiger partial charge in [0.15, 0.2) is 0 Å². The van der Waals surface area contributed by atoms with Gasteiger partial charge in [-0.25, -0.2) is 0 Å². The number of fused-ring (bicyclic) bond motifs is 6. The van der Waals surface area contributed by atoms with Crippen LogP contribution in [0.5, 0.6) is 0 Å². The molecule has 0 aliphatic heterocycles. The van der Waals surface area contributed by atoms with E-state index in [0.717, 1.165) is 39.4 Å². The minimum atomic E-state index is 0.0587. The Morgan fingerprint density at radius 1 is 0.423 bits per heavy atom. The summed E-state index contributed by atoms with van der Waals surface area (Å²) in [5, 5.41) is 4.92. The third-order valence-electron chi connectivity index (χ3n) is 10.7. The zero-order valence-electron chi connectivity index (χ0n) is 29.5. The Morgan fingerprint density at radius 2 is 1.06 bits per heavy atom. The van der Waals surface area contributed by atoms with Crippen LogP contribution in [0.1, 0.15) is 26.3 Å². The van der Waals surface area contributed by atoms with Gasteiger partial charge in [0.25, 0.3) is 0 Å². The number of nitrogens with zero attached hydrogens (tertiary/aromatic N) is 1. The van der Waals surface area contributed by atoms with E-state index in [1.54, 1.807) is 0 Å². The van der Waals surface area contributed by atoms with Gasteiger partial charge in [-0.15, -0.1) is 0 Å². The van der Waals surface area contributed by atoms with E-state index >= 15 is 0 Å². The summed E-state index contributed by atoms with van der Waals surface area (Å²) >= 11 is 0. The third-order valence-corrected chi connectivity index (χ3v) is 10.7. The summed E-state index contributed by atoms with van der Waals surface area (Å²) in [5.74, 6) is 0. The SMILES string of the molecule is CC(C)(C)c1ccc(N(c2ccc(-c3ccc4c(c3)oc3cc5cc-5c34)cc2)c2ccccc2-c2cccc3cccc(-c4ccccc4)c23)cc1. The van der Waals surface area contributed by atoms with Crippen molar-refractivity contribution in [2.24, 2.45) is 0 Å². The highest BCUT2D eigenvalue weighted by Crippen LogP contribution is 2.49. The van der Waals surface area contributed by atoms with Gasteiger partial charge in [0.1, 0.15) is 11.2 Å². The van der Waals surface area contributed by atoms with E-state index in [2.05, 4.69) is 196 Å². The van der Waals surface area contributed by atoms with Gasteiger partial charge in [-0.3, -0.25) is 0 Å². The fourth-order valence-corrected chi connectivity index (χ4v) is 7.93. The van der Waals surface area contributed by atoms with E-state index in [1.807, 2.05) is 0 Å². The summed E-state index contributed by atoms with van der Waals surface area (Å²) in [4.78, 5) is 2.41. The molecule has 2 aliphatic rings. The van der Waals surface area contributed by atoms with Gasteiger partial charge in [0.2, 0.25) is 0 Å². The average Bonchev–Trinajstić information content (AvgIpc) is 3.69. The zero-order chi connectivity index (χ0) is 35.0. The number of rotatable bonds is 6.